The van der Waals surface area contributed by atoms with Gasteiger partial charge in [-0.05, 0) is 73.6 Å². The quantitative estimate of drug-likeness (QED) is 0.350. The lowest BCUT2D eigenvalue weighted by Crippen LogP contribution is -2.48. The van der Waals surface area contributed by atoms with Gasteiger partial charge in [-0.25, -0.2) is 9.18 Å². The first-order valence-corrected chi connectivity index (χ1v) is 15.5. The number of halogens is 3. The number of likely N-dealkylation sites (tertiary alicyclic amines) is 2. The van der Waals surface area contributed by atoms with Crippen molar-refractivity contribution in [3.8, 4) is 5.75 Å². The first-order chi connectivity index (χ1) is 19.9. The first-order valence-electron chi connectivity index (χ1n) is 14.7. The van der Waals surface area contributed by atoms with Crippen LogP contribution in [0.3, 0.4) is 0 Å². The Labute approximate surface area is 256 Å². The van der Waals surface area contributed by atoms with Crippen molar-refractivity contribution >= 4 is 41.1 Å². The molecule has 3 amide bonds. The molecule has 2 aromatic carbocycles. The van der Waals surface area contributed by atoms with E-state index in [1.165, 1.54) is 24.3 Å². The Kier molecular flexibility index (Phi) is 9.05. The fraction of sp³-hybridized carbons (Fsp3) is 0.531. The zero-order chi connectivity index (χ0) is 30.2. The maximum absolute atomic E-state index is 13.9. The van der Waals surface area contributed by atoms with E-state index in [4.69, 9.17) is 27.9 Å². The molecule has 0 aromatic heterocycles. The fourth-order valence-corrected chi connectivity index (χ4v) is 6.43. The van der Waals surface area contributed by atoms with E-state index >= 15 is 0 Å². The lowest BCUT2D eigenvalue weighted by Gasteiger charge is -2.35. The van der Waals surface area contributed by atoms with Crippen LogP contribution in [0.4, 0.5) is 9.18 Å². The Bertz CT molecular complexity index is 1330. The van der Waals surface area contributed by atoms with Gasteiger partial charge >= 0.3 is 6.09 Å². The Balaban J connectivity index is 1.36. The lowest BCUT2D eigenvalue weighted by molar-refractivity contribution is -0.142. The third-order valence-electron chi connectivity index (χ3n) is 8.84. The van der Waals surface area contributed by atoms with E-state index in [0.717, 1.165) is 18.4 Å². The summed E-state index contributed by atoms with van der Waals surface area (Å²) in [5.41, 5.74) is 0.667. The third kappa shape index (κ3) is 6.70. The second-order valence-electron chi connectivity index (χ2n) is 12.6. The Morgan fingerprint density at radius 2 is 1.67 bits per heavy atom. The molecule has 2 aliphatic heterocycles. The van der Waals surface area contributed by atoms with Gasteiger partial charge in [-0.1, -0.05) is 50.0 Å². The van der Waals surface area contributed by atoms with Gasteiger partial charge in [-0.15, -0.1) is 0 Å². The summed E-state index contributed by atoms with van der Waals surface area (Å²) in [7, 11) is 0. The summed E-state index contributed by atoms with van der Waals surface area (Å²) in [6.07, 6.45) is 2.57. The number of carbonyl (C=O) groups excluding carboxylic acids is 3. The number of hydrogen-bond donors (Lipinski definition) is 0. The van der Waals surface area contributed by atoms with E-state index in [2.05, 4.69) is 0 Å². The van der Waals surface area contributed by atoms with Crippen LogP contribution < -0.4 is 4.74 Å². The van der Waals surface area contributed by atoms with E-state index < -0.39 is 11.9 Å². The summed E-state index contributed by atoms with van der Waals surface area (Å²) in [4.78, 5) is 45.8. The number of hydrogen-bond acceptors (Lipinski definition) is 4. The van der Waals surface area contributed by atoms with Crippen molar-refractivity contribution in [3.63, 3.8) is 0 Å². The van der Waals surface area contributed by atoms with Crippen molar-refractivity contribution in [1.29, 1.82) is 0 Å². The van der Waals surface area contributed by atoms with Gasteiger partial charge in [0.1, 0.15) is 11.6 Å². The molecular formula is C32H38Cl2FN3O4. The molecule has 2 saturated heterocycles. The molecule has 3 aliphatic rings. The van der Waals surface area contributed by atoms with Gasteiger partial charge in [0.2, 0.25) is 11.8 Å². The number of benzene rings is 2. The summed E-state index contributed by atoms with van der Waals surface area (Å²) in [5, 5.41) is 0.836. The topological polar surface area (TPSA) is 70.2 Å². The number of carbonyl (C=O) groups is 3. The molecule has 3 fully saturated rings. The number of rotatable bonds is 7. The van der Waals surface area contributed by atoms with E-state index in [1.807, 2.05) is 36.6 Å². The van der Waals surface area contributed by atoms with Crippen LogP contribution >= 0.6 is 23.2 Å². The average molecular weight is 619 g/mol. The predicted octanol–water partition coefficient (Wildman–Crippen LogP) is 6.62. The summed E-state index contributed by atoms with van der Waals surface area (Å²) < 4.78 is 19.1. The maximum Gasteiger partial charge on any atom is 0.415 e. The molecule has 10 heteroatoms. The van der Waals surface area contributed by atoms with Crippen molar-refractivity contribution in [2.45, 2.75) is 58.4 Å². The van der Waals surface area contributed by atoms with Gasteiger partial charge in [0, 0.05) is 50.0 Å². The standard InChI is InChI=1S/C32H38Cl2FN3O4/c1-20(2)17-38(31(41)42-24-7-5-23(35)6-8-24)28-19-37(18-25(28)22-4-9-26(33)27(34)16-22)29(39)21-10-14-36(15-11-21)30(40)32(3)12-13-32/h4-9,16,20-21,25,28H,10-15,17-19H2,1-3H3. The van der Waals surface area contributed by atoms with Crippen LogP contribution in [0.2, 0.25) is 10.0 Å². The van der Waals surface area contributed by atoms with Gasteiger partial charge < -0.3 is 19.4 Å². The van der Waals surface area contributed by atoms with Gasteiger partial charge in [-0.3, -0.25) is 9.59 Å². The minimum Gasteiger partial charge on any atom is -0.410 e. The highest BCUT2D eigenvalue weighted by atomic mass is 35.5. The molecule has 5 rings (SSSR count). The maximum atomic E-state index is 13.9. The molecule has 0 bridgehead atoms. The predicted molar refractivity (Wildman–Crippen MR) is 160 cm³/mol. The summed E-state index contributed by atoms with van der Waals surface area (Å²) in [6.45, 7) is 8.38. The van der Waals surface area contributed by atoms with Crippen LogP contribution in [0.25, 0.3) is 0 Å². The third-order valence-corrected chi connectivity index (χ3v) is 9.57. The number of ether oxygens (including phenoxy) is 1. The molecule has 0 N–H and O–H groups in total. The molecule has 2 atom stereocenters. The normalized spacial score (nSPS) is 21.9. The molecule has 2 unspecified atom stereocenters. The summed E-state index contributed by atoms with van der Waals surface area (Å²) in [6, 6.07) is 10.4. The van der Waals surface area contributed by atoms with Gasteiger partial charge in [0.05, 0.1) is 16.1 Å². The Morgan fingerprint density at radius 3 is 2.26 bits per heavy atom. The first kappa shape index (κ1) is 30.6. The number of nitrogens with zero attached hydrogens (tertiary/aromatic N) is 3. The van der Waals surface area contributed by atoms with E-state index in [9.17, 15) is 18.8 Å². The van der Waals surface area contributed by atoms with Crippen LogP contribution in [-0.4, -0.2) is 71.4 Å². The highest BCUT2D eigenvalue weighted by molar-refractivity contribution is 6.42. The second-order valence-corrected chi connectivity index (χ2v) is 13.4. The van der Waals surface area contributed by atoms with Gasteiger partial charge in [0.25, 0.3) is 0 Å². The summed E-state index contributed by atoms with van der Waals surface area (Å²) >= 11 is 12.6. The molecular weight excluding hydrogens is 580 g/mol. The molecule has 0 spiro atoms. The minimum absolute atomic E-state index is 0.0451. The van der Waals surface area contributed by atoms with Crippen molar-refractivity contribution in [2.75, 3.05) is 32.7 Å². The average Bonchev–Trinajstić information content (AvgIpc) is 3.57. The van der Waals surface area contributed by atoms with Gasteiger partial charge in [0.15, 0.2) is 0 Å². The summed E-state index contributed by atoms with van der Waals surface area (Å²) in [5.74, 6) is -0.204. The highest BCUT2D eigenvalue weighted by Gasteiger charge is 2.48. The second kappa shape index (κ2) is 12.4. The highest BCUT2D eigenvalue weighted by Crippen LogP contribution is 2.47. The Hall–Kier alpha value is -2.84. The van der Waals surface area contributed by atoms with Crippen LogP contribution in [0.15, 0.2) is 42.5 Å². The van der Waals surface area contributed by atoms with Crippen LogP contribution in [-0.2, 0) is 9.59 Å². The number of amides is 3. The zero-order valence-corrected chi connectivity index (χ0v) is 25.8. The van der Waals surface area contributed by atoms with E-state index in [1.54, 1.807) is 17.0 Å². The molecule has 2 aromatic rings. The van der Waals surface area contributed by atoms with Crippen LogP contribution in [0.5, 0.6) is 5.75 Å². The van der Waals surface area contributed by atoms with Crippen LogP contribution in [0, 0.1) is 23.1 Å². The SMILES string of the molecule is CC(C)CN(C(=O)Oc1ccc(F)cc1)C1CN(C(=O)C2CCN(C(=O)C3(C)CC3)CC2)CC1c1ccc(Cl)c(Cl)c1. The smallest absolute Gasteiger partial charge is 0.410 e. The minimum atomic E-state index is -0.556. The Morgan fingerprint density at radius 1 is 1.00 bits per heavy atom. The number of piperidine rings is 1. The van der Waals surface area contributed by atoms with Crippen LogP contribution in [0.1, 0.15) is 57.9 Å². The molecule has 7 nitrogen and oxygen atoms in total. The molecule has 1 aliphatic carbocycles. The monoisotopic (exact) mass is 617 g/mol. The molecule has 0 radical (unpaired) electrons. The van der Waals surface area contributed by atoms with Crippen molar-refractivity contribution in [1.82, 2.24) is 14.7 Å². The largest absolute Gasteiger partial charge is 0.415 e. The van der Waals surface area contributed by atoms with Crippen molar-refractivity contribution < 1.29 is 23.5 Å². The molecule has 2 heterocycles. The molecule has 1 saturated carbocycles. The van der Waals surface area contributed by atoms with Gasteiger partial charge in [-0.2, -0.15) is 0 Å². The van der Waals surface area contributed by atoms with E-state index in [-0.39, 0.29) is 46.8 Å². The zero-order valence-electron chi connectivity index (χ0n) is 24.3. The molecule has 42 heavy (non-hydrogen) atoms. The van der Waals surface area contributed by atoms with E-state index in [0.29, 0.717) is 55.6 Å². The van der Waals surface area contributed by atoms with Crippen molar-refractivity contribution in [2.24, 2.45) is 17.3 Å². The fourth-order valence-electron chi connectivity index (χ4n) is 6.12. The van der Waals surface area contributed by atoms with Crippen molar-refractivity contribution in [3.05, 3.63) is 63.9 Å². The molecule has 226 valence electrons. The lowest BCUT2D eigenvalue weighted by atomic mass is 9.92.